The molecule has 0 fully saturated rings. The van der Waals surface area contributed by atoms with E-state index in [-0.39, 0.29) is 5.41 Å². The van der Waals surface area contributed by atoms with Gasteiger partial charge in [-0.3, -0.25) is 4.98 Å². The molecule has 0 N–H and O–H groups in total. The van der Waals surface area contributed by atoms with Gasteiger partial charge in [0.2, 0.25) is 0 Å². The number of halogens is 1. The van der Waals surface area contributed by atoms with Crippen molar-refractivity contribution in [1.82, 2.24) is 20.0 Å². The maximum absolute atomic E-state index is 4.42. The summed E-state index contributed by atoms with van der Waals surface area (Å²) in [5, 5.41) is 11.1. The Balaban J connectivity index is 1.90. The van der Waals surface area contributed by atoms with Crippen molar-refractivity contribution >= 4 is 37.7 Å². The molecule has 2 heterocycles. The van der Waals surface area contributed by atoms with Crippen LogP contribution in [-0.4, -0.2) is 20.0 Å². The van der Waals surface area contributed by atoms with Crippen LogP contribution in [0.1, 0.15) is 20.8 Å². The van der Waals surface area contributed by atoms with E-state index in [1.165, 1.54) is 10.9 Å². The molecule has 0 spiro atoms. The molecule has 2 aromatic heterocycles. The van der Waals surface area contributed by atoms with Crippen molar-refractivity contribution in [3.8, 4) is 11.1 Å². The van der Waals surface area contributed by atoms with E-state index in [1.54, 1.807) is 0 Å². The first kappa shape index (κ1) is 16.2. The third kappa shape index (κ3) is 2.93. The van der Waals surface area contributed by atoms with Crippen LogP contribution in [0, 0.1) is 5.41 Å². The highest BCUT2D eigenvalue weighted by molar-refractivity contribution is 9.10. The van der Waals surface area contributed by atoms with Crippen LogP contribution in [-0.2, 0) is 6.54 Å². The van der Waals surface area contributed by atoms with Crippen LogP contribution in [0.25, 0.3) is 32.9 Å². The average molecular weight is 395 g/mol. The van der Waals surface area contributed by atoms with Gasteiger partial charge in [-0.05, 0) is 50.0 Å². The fourth-order valence-corrected chi connectivity index (χ4v) is 3.76. The van der Waals surface area contributed by atoms with Gasteiger partial charge in [0.05, 0.1) is 9.99 Å². The fourth-order valence-electron chi connectivity index (χ4n) is 3.14. The van der Waals surface area contributed by atoms with Crippen molar-refractivity contribution in [2.45, 2.75) is 27.3 Å². The first-order chi connectivity index (χ1) is 11.9. The molecule has 25 heavy (non-hydrogen) atoms. The summed E-state index contributed by atoms with van der Waals surface area (Å²) in [6.07, 6.45) is 3.72. The lowest BCUT2D eigenvalue weighted by Crippen LogP contribution is -2.16. The van der Waals surface area contributed by atoms with Crippen LogP contribution >= 0.6 is 15.9 Å². The summed E-state index contributed by atoms with van der Waals surface area (Å²) in [5.41, 5.74) is 4.38. The molecule has 4 aromatic rings. The molecule has 0 saturated carbocycles. The van der Waals surface area contributed by atoms with E-state index < -0.39 is 0 Å². The van der Waals surface area contributed by atoms with E-state index >= 15 is 0 Å². The highest BCUT2D eigenvalue weighted by Crippen LogP contribution is 2.37. The van der Waals surface area contributed by atoms with E-state index in [4.69, 9.17) is 0 Å². The minimum absolute atomic E-state index is 0.147. The quantitative estimate of drug-likeness (QED) is 0.453. The van der Waals surface area contributed by atoms with Crippen molar-refractivity contribution in [2.24, 2.45) is 5.41 Å². The summed E-state index contributed by atoms with van der Waals surface area (Å²) in [6, 6.07) is 12.6. The smallest absolute Gasteiger partial charge is 0.127 e. The molecule has 4 nitrogen and oxygen atoms in total. The number of benzene rings is 2. The van der Waals surface area contributed by atoms with Crippen molar-refractivity contribution in [2.75, 3.05) is 0 Å². The molecule has 4 rings (SSSR count). The number of fused-ring (bicyclic) bond motifs is 2. The molecular formula is C20H19BrN4. The van der Waals surface area contributed by atoms with Gasteiger partial charge in [-0.15, -0.1) is 5.10 Å². The zero-order chi connectivity index (χ0) is 17.6. The third-order valence-corrected chi connectivity index (χ3v) is 5.02. The summed E-state index contributed by atoms with van der Waals surface area (Å²) in [5.74, 6) is 0. The van der Waals surface area contributed by atoms with Gasteiger partial charge in [-0.2, -0.15) is 0 Å². The summed E-state index contributed by atoms with van der Waals surface area (Å²) >= 11 is 3.77. The lowest BCUT2D eigenvalue weighted by molar-refractivity contribution is 0.327. The highest BCUT2D eigenvalue weighted by Gasteiger charge is 2.18. The first-order valence-corrected chi connectivity index (χ1v) is 9.08. The highest BCUT2D eigenvalue weighted by atomic mass is 79.9. The fraction of sp³-hybridized carbons (Fsp3) is 0.250. The second-order valence-corrected chi connectivity index (χ2v) is 8.30. The van der Waals surface area contributed by atoms with E-state index in [9.17, 15) is 0 Å². The standard InChI is InChI=1S/C20H19BrN4/c1-20(2,3)12-25-17-8-7-16(18(21)19(17)23-24-25)15-6-4-5-13-11-22-10-9-14(13)15/h4-11H,12H2,1-3H3. The van der Waals surface area contributed by atoms with Crippen molar-refractivity contribution in [1.29, 1.82) is 0 Å². The molecule has 0 bridgehead atoms. The molecule has 5 heteroatoms. The first-order valence-electron chi connectivity index (χ1n) is 8.29. The van der Waals surface area contributed by atoms with Crippen LogP contribution in [0.15, 0.2) is 53.3 Å². The van der Waals surface area contributed by atoms with Crippen LogP contribution in [0.2, 0.25) is 0 Å². The summed E-state index contributed by atoms with van der Waals surface area (Å²) in [4.78, 5) is 4.22. The minimum Gasteiger partial charge on any atom is -0.264 e. The van der Waals surface area contributed by atoms with Crippen LogP contribution in [0.4, 0.5) is 0 Å². The van der Waals surface area contributed by atoms with Crippen LogP contribution < -0.4 is 0 Å². The maximum Gasteiger partial charge on any atom is 0.127 e. The molecule has 2 aromatic carbocycles. The Morgan fingerprint density at radius 3 is 2.68 bits per heavy atom. The number of hydrogen-bond donors (Lipinski definition) is 0. The Kier molecular flexibility index (Phi) is 3.84. The van der Waals surface area contributed by atoms with Gasteiger partial charge in [0.25, 0.3) is 0 Å². The van der Waals surface area contributed by atoms with E-state index in [1.807, 2.05) is 17.1 Å². The Morgan fingerprint density at radius 1 is 1.04 bits per heavy atom. The molecule has 0 aliphatic heterocycles. The van der Waals surface area contributed by atoms with Gasteiger partial charge in [-0.1, -0.05) is 50.3 Å². The second-order valence-electron chi connectivity index (χ2n) is 7.50. The molecule has 0 atom stereocenters. The number of pyridine rings is 1. The second kappa shape index (κ2) is 5.92. The SMILES string of the molecule is CC(C)(C)Cn1nnc2c(Br)c(-c3cccc4cnccc34)ccc21. The van der Waals surface area contributed by atoms with Gasteiger partial charge in [0.1, 0.15) is 5.52 Å². The van der Waals surface area contributed by atoms with Crippen LogP contribution in [0.3, 0.4) is 0 Å². The van der Waals surface area contributed by atoms with E-state index in [0.717, 1.165) is 33.0 Å². The van der Waals surface area contributed by atoms with Gasteiger partial charge < -0.3 is 0 Å². The maximum atomic E-state index is 4.42. The minimum atomic E-state index is 0.147. The summed E-state index contributed by atoms with van der Waals surface area (Å²) in [6.45, 7) is 7.44. The number of aromatic nitrogens is 4. The Bertz CT molecular complexity index is 1070. The Labute approximate surface area is 155 Å². The molecule has 0 amide bonds. The Morgan fingerprint density at radius 2 is 1.88 bits per heavy atom. The Hall–Kier alpha value is -2.27. The van der Waals surface area contributed by atoms with Crippen molar-refractivity contribution in [3.63, 3.8) is 0 Å². The average Bonchev–Trinajstić information content (AvgIpc) is 2.97. The summed E-state index contributed by atoms with van der Waals surface area (Å²) < 4.78 is 2.96. The normalized spacial score (nSPS) is 12.2. The number of nitrogens with zero attached hydrogens (tertiary/aromatic N) is 4. The van der Waals surface area contributed by atoms with E-state index in [2.05, 4.69) is 88.4 Å². The number of hydrogen-bond acceptors (Lipinski definition) is 3. The topological polar surface area (TPSA) is 43.6 Å². The zero-order valence-electron chi connectivity index (χ0n) is 14.5. The van der Waals surface area contributed by atoms with Gasteiger partial charge in [-0.25, -0.2) is 4.68 Å². The van der Waals surface area contributed by atoms with Gasteiger partial charge in [0.15, 0.2) is 0 Å². The van der Waals surface area contributed by atoms with E-state index in [0.29, 0.717) is 0 Å². The third-order valence-electron chi connectivity index (χ3n) is 4.22. The summed E-state index contributed by atoms with van der Waals surface area (Å²) in [7, 11) is 0. The molecular weight excluding hydrogens is 376 g/mol. The predicted molar refractivity (Wildman–Crippen MR) is 105 cm³/mol. The zero-order valence-corrected chi connectivity index (χ0v) is 16.1. The molecule has 0 unspecified atom stereocenters. The molecule has 0 aliphatic carbocycles. The molecule has 0 radical (unpaired) electrons. The molecule has 0 saturated heterocycles. The van der Waals surface area contributed by atoms with Crippen molar-refractivity contribution < 1.29 is 0 Å². The molecule has 126 valence electrons. The number of rotatable bonds is 2. The van der Waals surface area contributed by atoms with Gasteiger partial charge >= 0.3 is 0 Å². The van der Waals surface area contributed by atoms with Crippen LogP contribution in [0.5, 0.6) is 0 Å². The predicted octanol–water partition coefficient (Wildman–Crippen LogP) is 5.46. The largest absolute Gasteiger partial charge is 0.264 e. The molecule has 0 aliphatic rings. The lowest BCUT2D eigenvalue weighted by Gasteiger charge is -2.18. The van der Waals surface area contributed by atoms with Gasteiger partial charge in [0, 0.05) is 24.3 Å². The lowest BCUT2D eigenvalue weighted by atomic mass is 9.97. The monoisotopic (exact) mass is 394 g/mol. The van der Waals surface area contributed by atoms with Crippen molar-refractivity contribution in [3.05, 3.63) is 53.3 Å².